The topological polar surface area (TPSA) is 64.7 Å². The van der Waals surface area contributed by atoms with Crippen molar-refractivity contribution in [2.75, 3.05) is 0 Å². The molecule has 0 bridgehead atoms. The largest absolute Gasteiger partial charge is 0.456 e. The third kappa shape index (κ3) is 4.03. The SMILES string of the molecule is c1ccc2cc(-c3nc(-c4cccc5oc6ccccc6c45)nc(-c4cc5ccncc5c5ccc6ccccc6c45)n3)ccc2c1. The minimum Gasteiger partial charge on any atom is -0.456 e. The highest BCUT2D eigenvalue weighted by molar-refractivity contribution is 6.22. The van der Waals surface area contributed by atoms with E-state index in [1.807, 2.05) is 42.7 Å². The van der Waals surface area contributed by atoms with Crippen LogP contribution in [0.1, 0.15) is 0 Å². The lowest BCUT2D eigenvalue weighted by molar-refractivity contribution is 0.669. The average Bonchev–Trinajstić information content (AvgIpc) is 3.53. The van der Waals surface area contributed by atoms with Crippen LogP contribution in [-0.4, -0.2) is 19.9 Å². The van der Waals surface area contributed by atoms with Crippen molar-refractivity contribution in [1.29, 1.82) is 0 Å². The van der Waals surface area contributed by atoms with Gasteiger partial charge >= 0.3 is 0 Å². The van der Waals surface area contributed by atoms with Gasteiger partial charge in [0.05, 0.1) is 0 Å². The number of hydrogen-bond donors (Lipinski definition) is 0. The molecule has 0 fully saturated rings. The highest BCUT2D eigenvalue weighted by Gasteiger charge is 2.20. The van der Waals surface area contributed by atoms with E-state index in [1.165, 1.54) is 5.39 Å². The van der Waals surface area contributed by atoms with Crippen molar-refractivity contribution >= 4 is 65.0 Å². The van der Waals surface area contributed by atoms with Gasteiger partial charge in [-0.3, -0.25) is 4.98 Å². The number of nitrogens with zero attached hydrogens (tertiary/aromatic N) is 4. The van der Waals surface area contributed by atoms with Crippen LogP contribution in [0, 0.1) is 0 Å². The number of benzene rings is 7. The van der Waals surface area contributed by atoms with Crippen molar-refractivity contribution in [3.8, 4) is 34.2 Å². The molecule has 3 aromatic heterocycles. The Morgan fingerprint density at radius 3 is 2.04 bits per heavy atom. The van der Waals surface area contributed by atoms with E-state index in [0.29, 0.717) is 17.5 Å². The van der Waals surface area contributed by atoms with Crippen molar-refractivity contribution in [2.45, 2.75) is 0 Å². The van der Waals surface area contributed by atoms with Gasteiger partial charge in [-0.1, -0.05) is 103 Å². The van der Waals surface area contributed by atoms with E-state index < -0.39 is 0 Å². The maximum atomic E-state index is 6.27. The summed E-state index contributed by atoms with van der Waals surface area (Å²) >= 11 is 0. The molecule has 0 aliphatic rings. The smallest absolute Gasteiger partial charge is 0.164 e. The number of rotatable bonds is 3. The number of fused-ring (bicyclic) bond motifs is 9. The van der Waals surface area contributed by atoms with Crippen LogP contribution in [0.2, 0.25) is 0 Å². The molecule has 0 atom stereocenters. The molecule has 0 amide bonds. The fourth-order valence-corrected chi connectivity index (χ4v) is 6.98. The number of furan rings is 1. The van der Waals surface area contributed by atoms with Gasteiger partial charge in [0.15, 0.2) is 17.5 Å². The zero-order valence-electron chi connectivity index (χ0n) is 25.1. The minimum absolute atomic E-state index is 0.596. The first-order valence-corrected chi connectivity index (χ1v) is 15.6. The second kappa shape index (κ2) is 10.0. The first-order chi connectivity index (χ1) is 23.3. The van der Waals surface area contributed by atoms with E-state index in [1.54, 1.807) is 0 Å². The number of hydrogen-bond acceptors (Lipinski definition) is 5. The van der Waals surface area contributed by atoms with Crippen molar-refractivity contribution in [3.63, 3.8) is 0 Å². The third-order valence-electron chi connectivity index (χ3n) is 9.17. The van der Waals surface area contributed by atoms with E-state index in [4.69, 9.17) is 19.4 Å². The molecule has 0 saturated heterocycles. The Morgan fingerprint density at radius 2 is 1.13 bits per heavy atom. The summed E-state index contributed by atoms with van der Waals surface area (Å²) < 4.78 is 6.27. The highest BCUT2D eigenvalue weighted by atomic mass is 16.3. The molecule has 0 spiro atoms. The van der Waals surface area contributed by atoms with Crippen LogP contribution in [0.15, 0.2) is 150 Å². The normalized spacial score (nSPS) is 11.8. The maximum absolute atomic E-state index is 6.27. The Balaban J connectivity index is 1.33. The summed E-state index contributed by atoms with van der Waals surface area (Å²) in [4.78, 5) is 20.2. The Labute approximate surface area is 268 Å². The minimum atomic E-state index is 0.596. The summed E-state index contributed by atoms with van der Waals surface area (Å²) in [5.74, 6) is 1.82. The molecule has 218 valence electrons. The van der Waals surface area contributed by atoms with Gasteiger partial charge in [-0.05, 0) is 62.6 Å². The predicted octanol–water partition coefficient (Wildman–Crippen LogP) is 10.8. The summed E-state index contributed by atoms with van der Waals surface area (Å²) in [6, 6.07) is 46.1. The van der Waals surface area contributed by atoms with Gasteiger partial charge in [0, 0.05) is 50.6 Å². The van der Waals surface area contributed by atoms with E-state index in [9.17, 15) is 0 Å². The molecule has 0 saturated carbocycles. The molecule has 7 aromatic carbocycles. The van der Waals surface area contributed by atoms with Crippen LogP contribution in [0.5, 0.6) is 0 Å². The van der Waals surface area contributed by atoms with Crippen molar-refractivity contribution < 1.29 is 4.42 Å². The lowest BCUT2D eigenvalue weighted by Gasteiger charge is -2.14. The maximum Gasteiger partial charge on any atom is 0.164 e. The third-order valence-corrected chi connectivity index (χ3v) is 9.17. The lowest BCUT2D eigenvalue weighted by atomic mass is 9.93. The second-order valence-electron chi connectivity index (χ2n) is 11.9. The van der Waals surface area contributed by atoms with Gasteiger partial charge in [-0.15, -0.1) is 0 Å². The zero-order valence-corrected chi connectivity index (χ0v) is 25.1. The molecular formula is C42H24N4O. The van der Waals surface area contributed by atoms with Gasteiger partial charge in [0.2, 0.25) is 0 Å². The molecule has 3 heterocycles. The first-order valence-electron chi connectivity index (χ1n) is 15.6. The fraction of sp³-hybridized carbons (Fsp3) is 0. The van der Waals surface area contributed by atoms with Gasteiger partial charge < -0.3 is 4.42 Å². The fourth-order valence-electron chi connectivity index (χ4n) is 6.98. The summed E-state index contributed by atoms with van der Waals surface area (Å²) in [6.07, 6.45) is 3.78. The van der Waals surface area contributed by atoms with Crippen LogP contribution in [-0.2, 0) is 0 Å². The van der Waals surface area contributed by atoms with Gasteiger partial charge in [0.1, 0.15) is 11.2 Å². The van der Waals surface area contributed by atoms with Crippen molar-refractivity contribution in [1.82, 2.24) is 19.9 Å². The monoisotopic (exact) mass is 600 g/mol. The Hall–Kier alpha value is -6.46. The van der Waals surface area contributed by atoms with Crippen LogP contribution in [0.25, 0.3) is 99.2 Å². The lowest BCUT2D eigenvalue weighted by Crippen LogP contribution is -2.01. The summed E-state index contributed by atoms with van der Waals surface area (Å²) in [5.41, 5.74) is 4.41. The van der Waals surface area contributed by atoms with E-state index in [2.05, 4.69) is 108 Å². The van der Waals surface area contributed by atoms with Crippen LogP contribution >= 0.6 is 0 Å². The van der Waals surface area contributed by atoms with Gasteiger partial charge in [0.25, 0.3) is 0 Å². The van der Waals surface area contributed by atoms with Crippen LogP contribution in [0.4, 0.5) is 0 Å². The van der Waals surface area contributed by atoms with Crippen LogP contribution in [0.3, 0.4) is 0 Å². The molecule has 0 aliphatic carbocycles. The van der Waals surface area contributed by atoms with Gasteiger partial charge in [-0.2, -0.15) is 0 Å². The molecule has 0 N–H and O–H groups in total. The van der Waals surface area contributed by atoms with Crippen molar-refractivity contribution in [3.05, 3.63) is 146 Å². The molecule has 10 aromatic rings. The highest BCUT2D eigenvalue weighted by Crippen LogP contribution is 2.40. The molecule has 47 heavy (non-hydrogen) atoms. The number of pyridine rings is 1. The standard InChI is InChI=1S/C42H24N4O/c1-2-10-27-22-29(17-16-25(27)8-1)40-44-41(33-13-7-15-37-39(33)32-12-5-6-14-36(32)47-37)46-42(45-40)34-23-28-20-21-43-24-35(28)31-19-18-26-9-3-4-11-30(26)38(31)34/h1-24H. The first kappa shape index (κ1) is 25.8. The quantitative estimate of drug-likeness (QED) is 0.189. The molecule has 0 aliphatic heterocycles. The summed E-state index contributed by atoms with van der Waals surface area (Å²) in [5, 5.41) is 11.0. The van der Waals surface area contributed by atoms with E-state index >= 15 is 0 Å². The Kier molecular flexibility index (Phi) is 5.51. The Bertz CT molecular complexity index is 2870. The molecule has 0 unspecified atom stereocenters. The number of aromatic nitrogens is 4. The predicted molar refractivity (Wildman–Crippen MR) is 191 cm³/mol. The van der Waals surface area contributed by atoms with E-state index in [0.717, 1.165) is 76.3 Å². The molecule has 0 radical (unpaired) electrons. The summed E-state index contributed by atoms with van der Waals surface area (Å²) in [7, 11) is 0. The second-order valence-corrected chi connectivity index (χ2v) is 11.9. The van der Waals surface area contributed by atoms with Crippen LogP contribution < -0.4 is 0 Å². The zero-order chi connectivity index (χ0) is 30.9. The Morgan fingerprint density at radius 1 is 0.404 bits per heavy atom. The average molecular weight is 601 g/mol. The molecule has 10 rings (SSSR count). The number of para-hydroxylation sites is 1. The molecule has 5 nitrogen and oxygen atoms in total. The molecular weight excluding hydrogens is 576 g/mol. The van der Waals surface area contributed by atoms with E-state index in [-0.39, 0.29) is 0 Å². The molecule has 5 heteroatoms. The summed E-state index contributed by atoms with van der Waals surface area (Å²) in [6.45, 7) is 0. The van der Waals surface area contributed by atoms with Gasteiger partial charge in [-0.25, -0.2) is 15.0 Å². The van der Waals surface area contributed by atoms with Crippen molar-refractivity contribution in [2.24, 2.45) is 0 Å².